The molecule has 0 saturated heterocycles. The largest absolute Gasteiger partial charge is 0.486 e. The zero-order valence-corrected chi connectivity index (χ0v) is 18.9. The van der Waals surface area contributed by atoms with E-state index < -0.39 is 10.0 Å². The Morgan fingerprint density at radius 1 is 1.14 bits per heavy atom. The first-order valence-electron chi connectivity index (χ1n) is 9.91. The summed E-state index contributed by atoms with van der Waals surface area (Å²) in [5.41, 5.74) is 1.99. The fourth-order valence-corrected chi connectivity index (χ4v) is 5.90. The molecule has 1 aliphatic heterocycles. The maximum Gasteiger partial charge on any atom is 0.246 e. The van der Waals surface area contributed by atoms with Crippen LogP contribution in [0.25, 0.3) is 0 Å². The minimum absolute atomic E-state index is 0.294. The van der Waals surface area contributed by atoms with Crippen molar-refractivity contribution in [2.24, 2.45) is 0 Å². The van der Waals surface area contributed by atoms with Gasteiger partial charge in [-0.1, -0.05) is 25.4 Å². The highest BCUT2D eigenvalue weighted by Crippen LogP contribution is 2.38. The third-order valence-corrected chi connectivity index (χ3v) is 7.28. The van der Waals surface area contributed by atoms with E-state index >= 15 is 0 Å². The van der Waals surface area contributed by atoms with Crippen molar-refractivity contribution in [1.82, 2.24) is 14.1 Å². The van der Waals surface area contributed by atoms with Crippen LogP contribution in [0.4, 0.5) is 0 Å². The summed E-state index contributed by atoms with van der Waals surface area (Å²) in [5, 5.41) is 4.99. The van der Waals surface area contributed by atoms with E-state index in [0.29, 0.717) is 65.7 Å². The van der Waals surface area contributed by atoms with Gasteiger partial charge in [-0.25, -0.2) is 8.42 Å². The van der Waals surface area contributed by atoms with Crippen LogP contribution in [0.2, 0.25) is 5.02 Å². The average molecular weight is 442 g/mol. The van der Waals surface area contributed by atoms with Gasteiger partial charge in [-0.15, -0.1) is 0 Å². The van der Waals surface area contributed by atoms with Gasteiger partial charge in [-0.2, -0.15) is 9.40 Å². The number of nitrogens with zero attached hydrogens (tertiary/aromatic N) is 3. The summed E-state index contributed by atoms with van der Waals surface area (Å²) in [7, 11) is -3.60. The summed E-state index contributed by atoms with van der Waals surface area (Å²) in [5.74, 6) is 1.15. The van der Waals surface area contributed by atoms with Crippen LogP contribution in [0.5, 0.6) is 11.5 Å². The minimum Gasteiger partial charge on any atom is -0.486 e. The number of sulfonamides is 1. The van der Waals surface area contributed by atoms with E-state index in [1.165, 1.54) is 0 Å². The molecule has 2 heterocycles. The van der Waals surface area contributed by atoms with Crippen LogP contribution in [-0.2, 0) is 16.6 Å². The lowest BCUT2D eigenvalue weighted by molar-refractivity contribution is 0.171. The molecule has 7 nitrogen and oxygen atoms in total. The van der Waals surface area contributed by atoms with Crippen LogP contribution in [0.15, 0.2) is 17.0 Å². The Balaban J connectivity index is 1.95. The van der Waals surface area contributed by atoms with Crippen molar-refractivity contribution in [3.63, 3.8) is 0 Å². The average Bonchev–Trinajstić information content (AvgIpc) is 2.95. The number of aryl methyl sites for hydroxylation is 1. The molecular weight excluding hydrogens is 414 g/mol. The van der Waals surface area contributed by atoms with E-state index in [4.69, 9.17) is 21.1 Å². The smallest absolute Gasteiger partial charge is 0.246 e. The number of hydrogen-bond donors (Lipinski definition) is 0. The highest BCUT2D eigenvalue weighted by molar-refractivity contribution is 7.89. The van der Waals surface area contributed by atoms with E-state index in [2.05, 4.69) is 5.10 Å². The molecule has 0 atom stereocenters. The predicted octanol–water partition coefficient (Wildman–Crippen LogP) is 3.78. The first-order chi connectivity index (χ1) is 13.8. The molecule has 0 N–H and O–H groups in total. The molecule has 0 aliphatic carbocycles. The predicted molar refractivity (Wildman–Crippen MR) is 113 cm³/mol. The van der Waals surface area contributed by atoms with E-state index in [1.807, 2.05) is 19.9 Å². The van der Waals surface area contributed by atoms with Crippen molar-refractivity contribution >= 4 is 21.6 Å². The molecule has 3 rings (SSSR count). The lowest BCUT2D eigenvalue weighted by atomic mass is 10.2. The van der Waals surface area contributed by atoms with E-state index in [-0.39, 0.29) is 0 Å². The molecule has 2 aromatic rings. The molecule has 0 spiro atoms. The maximum atomic E-state index is 13.3. The quantitative estimate of drug-likeness (QED) is 0.623. The fourth-order valence-electron chi connectivity index (χ4n) is 3.62. The SMILES string of the molecule is CCCN(CCC)S(=O)(=O)c1c(C)nn(Cc2cc(Cl)c3c(c2)OCCO3)c1C. The summed E-state index contributed by atoms with van der Waals surface area (Å²) in [6.07, 6.45) is 1.53. The number of hydrogen-bond acceptors (Lipinski definition) is 5. The van der Waals surface area contributed by atoms with Crippen LogP contribution in [0.3, 0.4) is 0 Å². The van der Waals surface area contributed by atoms with Gasteiger partial charge in [0.25, 0.3) is 0 Å². The third kappa shape index (κ3) is 4.39. The topological polar surface area (TPSA) is 73.7 Å². The molecular formula is C20H28ClN3O4S. The zero-order valence-electron chi connectivity index (χ0n) is 17.4. The van der Waals surface area contributed by atoms with E-state index in [1.54, 1.807) is 28.9 Å². The maximum absolute atomic E-state index is 13.3. The Bertz CT molecular complexity index is 982. The van der Waals surface area contributed by atoms with Crippen LogP contribution >= 0.6 is 11.6 Å². The second kappa shape index (κ2) is 8.93. The Kier molecular flexibility index (Phi) is 6.76. The number of rotatable bonds is 8. The molecule has 0 saturated carbocycles. The van der Waals surface area contributed by atoms with Gasteiger partial charge in [0.15, 0.2) is 11.5 Å². The molecule has 0 unspecified atom stereocenters. The molecule has 0 radical (unpaired) electrons. The Morgan fingerprint density at radius 2 is 1.79 bits per heavy atom. The summed E-state index contributed by atoms with van der Waals surface area (Å²) < 4.78 is 41.0. The van der Waals surface area contributed by atoms with Gasteiger partial charge in [-0.05, 0) is 44.4 Å². The second-order valence-corrected chi connectivity index (χ2v) is 9.45. The lowest BCUT2D eigenvalue weighted by Crippen LogP contribution is -2.33. The molecule has 0 bridgehead atoms. The van der Waals surface area contributed by atoms with Crippen molar-refractivity contribution in [1.29, 1.82) is 0 Å². The van der Waals surface area contributed by atoms with Gasteiger partial charge in [0, 0.05) is 13.1 Å². The van der Waals surface area contributed by atoms with E-state index in [0.717, 1.165) is 18.4 Å². The molecule has 1 aromatic heterocycles. The number of ether oxygens (including phenoxy) is 2. The van der Waals surface area contributed by atoms with Crippen molar-refractivity contribution in [2.45, 2.75) is 52.0 Å². The fraction of sp³-hybridized carbons (Fsp3) is 0.550. The standard InChI is InChI=1S/C20H28ClN3O4S/c1-5-7-23(8-6-2)29(25,26)20-14(3)22-24(15(20)4)13-16-11-17(21)19-18(12-16)27-9-10-28-19/h11-12H,5-10,13H2,1-4H3. The minimum atomic E-state index is -3.60. The van der Waals surface area contributed by atoms with Crippen LogP contribution < -0.4 is 9.47 Å². The van der Waals surface area contributed by atoms with Crippen molar-refractivity contribution in [2.75, 3.05) is 26.3 Å². The Hall–Kier alpha value is -1.77. The summed E-state index contributed by atoms with van der Waals surface area (Å²) in [6.45, 7) is 9.82. The van der Waals surface area contributed by atoms with Gasteiger partial charge in [0.05, 0.1) is 23.0 Å². The van der Waals surface area contributed by atoms with Crippen molar-refractivity contribution in [3.8, 4) is 11.5 Å². The van der Waals surface area contributed by atoms with Crippen LogP contribution in [0.1, 0.15) is 43.6 Å². The molecule has 1 aliphatic rings. The second-order valence-electron chi connectivity index (χ2n) is 7.16. The van der Waals surface area contributed by atoms with Crippen molar-refractivity contribution < 1.29 is 17.9 Å². The summed E-state index contributed by atoms with van der Waals surface area (Å²) in [4.78, 5) is 0.294. The van der Waals surface area contributed by atoms with Crippen molar-refractivity contribution in [3.05, 3.63) is 34.1 Å². The lowest BCUT2D eigenvalue weighted by Gasteiger charge is -2.21. The first-order valence-corrected chi connectivity index (χ1v) is 11.7. The molecule has 29 heavy (non-hydrogen) atoms. The van der Waals surface area contributed by atoms with Gasteiger partial charge in [-0.3, -0.25) is 4.68 Å². The monoisotopic (exact) mass is 441 g/mol. The highest BCUT2D eigenvalue weighted by Gasteiger charge is 2.30. The number of fused-ring (bicyclic) bond motifs is 1. The van der Waals surface area contributed by atoms with Gasteiger partial charge < -0.3 is 9.47 Å². The molecule has 1 aromatic carbocycles. The van der Waals surface area contributed by atoms with Gasteiger partial charge in [0.1, 0.15) is 18.1 Å². The Morgan fingerprint density at radius 3 is 2.45 bits per heavy atom. The first kappa shape index (κ1) is 21.9. The van der Waals surface area contributed by atoms with Gasteiger partial charge in [0.2, 0.25) is 10.0 Å². The zero-order chi connectivity index (χ0) is 21.2. The van der Waals surface area contributed by atoms with Gasteiger partial charge >= 0.3 is 0 Å². The van der Waals surface area contributed by atoms with Crippen LogP contribution in [0, 0.1) is 13.8 Å². The molecule has 9 heteroatoms. The third-order valence-electron chi connectivity index (χ3n) is 4.85. The summed E-state index contributed by atoms with van der Waals surface area (Å²) >= 11 is 6.34. The van der Waals surface area contributed by atoms with Crippen LogP contribution in [-0.4, -0.2) is 48.8 Å². The molecule has 160 valence electrons. The van der Waals surface area contributed by atoms with E-state index in [9.17, 15) is 8.42 Å². The molecule has 0 amide bonds. The number of halogens is 1. The number of benzene rings is 1. The summed E-state index contributed by atoms with van der Waals surface area (Å²) in [6, 6.07) is 3.67. The molecule has 0 fully saturated rings. The number of aromatic nitrogens is 2. The highest BCUT2D eigenvalue weighted by atomic mass is 35.5. The normalized spacial score (nSPS) is 13.9. The Labute approximate surface area is 177 Å².